The lowest BCUT2D eigenvalue weighted by atomic mass is 9.85. The van der Waals surface area contributed by atoms with Gasteiger partial charge in [-0.05, 0) is 30.2 Å². The summed E-state index contributed by atoms with van der Waals surface area (Å²) < 4.78 is 1.01. The van der Waals surface area contributed by atoms with Crippen LogP contribution in [0.25, 0.3) is 0 Å². The molecular formula is C13H16BrNO2. The first-order valence-corrected chi connectivity index (χ1v) is 6.69. The summed E-state index contributed by atoms with van der Waals surface area (Å²) in [6.45, 7) is 2.75. The molecule has 1 heterocycles. The van der Waals surface area contributed by atoms with Crippen LogP contribution in [0.5, 0.6) is 0 Å². The normalized spacial score (nSPS) is 19.5. The molecule has 1 aliphatic heterocycles. The molecule has 0 saturated carbocycles. The van der Waals surface area contributed by atoms with E-state index in [1.165, 1.54) is 0 Å². The lowest BCUT2D eigenvalue weighted by molar-refractivity contribution is -0.142. The predicted octanol–water partition coefficient (Wildman–Crippen LogP) is 3.46. The molecule has 0 aromatic heterocycles. The maximum atomic E-state index is 11.3. The number of nitrogens with one attached hydrogen (secondary N) is 1. The van der Waals surface area contributed by atoms with Crippen LogP contribution in [0.2, 0.25) is 0 Å². The van der Waals surface area contributed by atoms with Gasteiger partial charge in [0.25, 0.3) is 0 Å². The van der Waals surface area contributed by atoms with Crippen LogP contribution in [0.15, 0.2) is 22.7 Å². The number of carboxylic acids is 1. The van der Waals surface area contributed by atoms with E-state index in [0.717, 1.165) is 35.1 Å². The van der Waals surface area contributed by atoms with Gasteiger partial charge in [-0.3, -0.25) is 4.79 Å². The SMILES string of the molecule is CCCC(C(=O)O)C1CNc2ccc(Br)cc21. The fraction of sp³-hybridized carbons (Fsp3) is 0.462. The molecule has 2 atom stereocenters. The third-order valence-electron chi connectivity index (χ3n) is 3.33. The Labute approximate surface area is 109 Å². The Bertz CT molecular complexity index is 433. The monoisotopic (exact) mass is 297 g/mol. The number of hydrogen-bond donors (Lipinski definition) is 2. The van der Waals surface area contributed by atoms with E-state index >= 15 is 0 Å². The van der Waals surface area contributed by atoms with Crippen LogP contribution in [-0.4, -0.2) is 17.6 Å². The van der Waals surface area contributed by atoms with Crippen molar-refractivity contribution in [3.8, 4) is 0 Å². The smallest absolute Gasteiger partial charge is 0.307 e. The Hall–Kier alpha value is -1.03. The minimum absolute atomic E-state index is 0.0833. The van der Waals surface area contributed by atoms with E-state index in [4.69, 9.17) is 0 Å². The topological polar surface area (TPSA) is 49.3 Å². The highest BCUT2D eigenvalue weighted by Gasteiger charge is 2.33. The quantitative estimate of drug-likeness (QED) is 0.895. The van der Waals surface area contributed by atoms with Gasteiger partial charge in [-0.1, -0.05) is 29.3 Å². The molecule has 0 radical (unpaired) electrons. The molecule has 0 bridgehead atoms. The van der Waals surface area contributed by atoms with Gasteiger partial charge in [-0.2, -0.15) is 0 Å². The standard InChI is InChI=1S/C13H16BrNO2/c1-2-3-9(13(16)17)11-7-15-12-5-4-8(14)6-10(11)12/h4-6,9,11,15H,2-3,7H2,1H3,(H,16,17). The zero-order valence-electron chi connectivity index (χ0n) is 9.74. The molecule has 0 spiro atoms. The maximum Gasteiger partial charge on any atom is 0.307 e. The molecular weight excluding hydrogens is 282 g/mol. The van der Waals surface area contributed by atoms with Crippen molar-refractivity contribution < 1.29 is 9.90 Å². The van der Waals surface area contributed by atoms with E-state index in [1.807, 2.05) is 25.1 Å². The zero-order valence-corrected chi connectivity index (χ0v) is 11.3. The molecule has 1 aromatic rings. The Kier molecular flexibility index (Phi) is 3.72. The number of anilines is 1. The van der Waals surface area contributed by atoms with Crippen LogP contribution in [0.1, 0.15) is 31.2 Å². The van der Waals surface area contributed by atoms with Crippen LogP contribution in [0.4, 0.5) is 5.69 Å². The predicted molar refractivity (Wildman–Crippen MR) is 71.4 cm³/mol. The fourth-order valence-electron chi connectivity index (χ4n) is 2.50. The molecule has 2 unspecified atom stereocenters. The summed E-state index contributed by atoms with van der Waals surface area (Å²) in [4.78, 5) is 11.3. The minimum atomic E-state index is -0.688. The Morgan fingerprint density at radius 2 is 2.41 bits per heavy atom. The number of halogens is 1. The second kappa shape index (κ2) is 5.08. The highest BCUT2D eigenvalue weighted by Crippen LogP contribution is 2.39. The third kappa shape index (κ3) is 2.46. The first-order chi connectivity index (χ1) is 8.13. The van der Waals surface area contributed by atoms with Gasteiger partial charge in [0.1, 0.15) is 0 Å². The molecule has 2 N–H and O–H groups in total. The van der Waals surface area contributed by atoms with Crippen molar-refractivity contribution in [2.45, 2.75) is 25.7 Å². The summed E-state index contributed by atoms with van der Waals surface area (Å²) in [6.07, 6.45) is 1.63. The molecule has 0 aliphatic carbocycles. The van der Waals surface area contributed by atoms with E-state index in [1.54, 1.807) is 0 Å². The lowest BCUT2D eigenvalue weighted by Gasteiger charge is -2.19. The van der Waals surface area contributed by atoms with Crippen molar-refractivity contribution in [2.75, 3.05) is 11.9 Å². The number of fused-ring (bicyclic) bond motifs is 1. The average Bonchev–Trinajstić information content (AvgIpc) is 2.68. The molecule has 17 heavy (non-hydrogen) atoms. The second-order valence-electron chi connectivity index (χ2n) is 4.45. The highest BCUT2D eigenvalue weighted by atomic mass is 79.9. The van der Waals surface area contributed by atoms with Gasteiger partial charge < -0.3 is 10.4 Å². The van der Waals surface area contributed by atoms with E-state index in [9.17, 15) is 9.90 Å². The van der Waals surface area contributed by atoms with E-state index < -0.39 is 5.97 Å². The van der Waals surface area contributed by atoms with Crippen molar-refractivity contribution in [3.05, 3.63) is 28.2 Å². The van der Waals surface area contributed by atoms with Crippen LogP contribution < -0.4 is 5.32 Å². The van der Waals surface area contributed by atoms with Gasteiger partial charge >= 0.3 is 5.97 Å². The van der Waals surface area contributed by atoms with E-state index in [0.29, 0.717) is 0 Å². The van der Waals surface area contributed by atoms with Gasteiger partial charge in [-0.25, -0.2) is 0 Å². The van der Waals surface area contributed by atoms with Gasteiger partial charge in [-0.15, -0.1) is 0 Å². The van der Waals surface area contributed by atoms with Gasteiger partial charge in [0.2, 0.25) is 0 Å². The molecule has 0 amide bonds. The number of benzene rings is 1. The summed E-state index contributed by atoms with van der Waals surface area (Å²) in [5, 5.41) is 12.6. The Morgan fingerprint density at radius 3 is 3.06 bits per heavy atom. The van der Waals surface area contributed by atoms with Crippen molar-refractivity contribution in [1.29, 1.82) is 0 Å². The molecule has 2 rings (SSSR count). The van der Waals surface area contributed by atoms with Crippen molar-refractivity contribution >= 4 is 27.6 Å². The van der Waals surface area contributed by atoms with Crippen LogP contribution in [-0.2, 0) is 4.79 Å². The second-order valence-corrected chi connectivity index (χ2v) is 5.37. The third-order valence-corrected chi connectivity index (χ3v) is 3.82. The van der Waals surface area contributed by atoms with Crippen LogP contribution in [0.3, 0.4) is 0 Å². The highest BCUT2D eigenvalue weighted by molar-refractivity contribution is 9.10. The summed E-state index contributed by atoms with van der Waals surface area (Å²) in [7, 11) is 0. The number of rotatable bonds is 4. The zero-order chi connectivity index (χ0) is 12.4. The fourth-order valence-corrected chi connectivity index (χ4v) is 2.88. The summed E-state index contributed by atoms with van der Waals surface area (Å²) >= 11 is 3.44. The summed E-state index contributed by atoms with van der Waals surface area (Å²) in [6, 6.07) is 6.01. The molecule has 1 aliphatic rings. The Balaban J connectivity index is 2.30. The molecule has 0 saturated heterocycles. The number of carboxylic acid groups (broad SMARTS) is 1. The van der Waals surface area contributed by atoms with E-state index in [-0.39, 0.29) is 11.8 Å². The number of carbonyl (C=O) groups is 1. The van der Waals surface area contributed by atoms with Crippen molar-refractivity contribution in [2.24, 2.45) is 5.92 Å². The minimum Gasteiger partial charge on any atom is -0.481 e. The average molecular weight is 298 g/mol. The molecule has 92 valence electrons. The number of hydrogen-bond acceptors (Lipinski definition) is 2. The van der Waals surface area contributed by atoms with Crippen molar-refractivity contribution in [3.63, 3.8) is 0 Å². The largest absolute Gasteiger partial charge is 0.481 e. The summed E-state index contributed by atoms with van der Waals surface area (Å²) in [5.74, 6) is -0.894. The van der Waals surface area contributed by atoms with Crippen LogP contribution >= 0.6 is 15.9 Å². The first-order valence-electron chi connectivity index (χ1n) is 5.89. The first kappa shape index (κ1) is 12.4. The molecule has 1 aromatic carbocycles. The van der Waals surface area contributed by atoms with Crippen LogP contribution in [0, 0.1) is 5.92 Å². The Morgan fingerprint density at radius 1 is 1.65 bits per heavy atom. The van der Waals surface area contributed by atoms with Gasteiger partial charge in [0.15, 0.2) is 0 Å². The maximum absolute atomic E-state index is 11.3. The summed E-state index contributed by atoms with van der Waals surface area (Å²) in [5.41, 5.74) is 2.20. The van der Waals surface area contributed by atoms with Gasteiger partial charge in [0, 0.05) is 22.6 Å². The van der Waals surface area contributed by atoms with E-state index in [2.05, 4.69) is 21.2 Å². The molecule has 4 heteroatoms. The lowest BCUT2D eigenvalue weighted by Crippen LogP contribution is -2.23. The van der Waals surface area contributed by atoms with Gasteiger partial charge in [0.05, 0.1) is 5.92 Å². The number of aliphatic carboxylic acids is 1. The molecule has 3 nitrogen and oxygen atoms in total. The van der Waals surface area contributed by atoms with Crippen molar-refractivity contribution in [1.82, 2.24) is 0 Å². The molecule has 0 fully saturated rings.